The van der Waals surface area contributed by atoms with E-state index in [0.29, 0.717) is 29.2 Å². The first-order chi connectivity index (χ1) is 13.4. The molecule has 0 saturated carbocycles. The molecule has 0 bridgehead atoms. The summed E-state index contributed by atoms with van der Waals surface area (Å²) in [6.07, 6.45) is 2.85. The number of benzene rings is 1. The van der Waals surface area contributed by atoms with Gasteiger partial charge in [-0.15, -0.1) is 0 Å². The molecule has 28 heavy (non-hydrogen) atoms. The standard InChI is InChI=1S/C19H22ClN5O3/c1-12-15(10-23-25(12)14-6-3-5-13(20)9-14)18(27)22-11-17(26)24-8-4-7-16(24)19(28)21-2/h3,5-6,9-10,16H,4,7-8,11H2,1-2H3,(H,21,28)(H,22,27). The fourth-order valence-corrected chi connectivity index (χ4v) is 3.54. The third-order valence-electron chi connectivity index (χ3n) is 4.83. The van der Waals surface area contributed by atoms with Crippen LogP contribution in [0.1, 0.15) is 28.9 Å². The number of amides is 3. The highest BCUT2D eigenvalue weighted by Crippen LogP contribution is 2.19. The van der Waals surface area contributed by atoms with E-state index in [1.165, 1.54) is 11.1 Å². The molecular weight excluding hydrogens is 382 g/mol. The lowest BCUT2D eigenvalue weighted by atomic mass is 10.2. The van der Waals surface area contributed by atoms with Crippen LogP contribution in [-0.4, -0.2) is 58.6 Å². The average molecular weight is 404 g/mol. The quantitative estimate of drug-likeness (QED) is 0.786. The molecule has 1 aliphatic rings. The number of nitrogens with zero attached hydrogens (tertiary/aromatic N) is 3. The average Bonchev–Trinajstić information content (AvgIpc) is 3.32. The Bertz CT molecular complexity index is 911. The van der Waals surface area contributed by atoms with Crippen molar-refractivity contribution in [2.75, 3.05) is 20.1 Å². The number of likely N-dealkylation sites (tertiary alicyclic amines) is 1. The number of aromatic nitrogens is 2. The summed E-state index contributed by atoms with van der Waals surface area (Å²) in [7, 11) is 1.55. The molecule has 8 nitrogen and oxygen atoms in total. The van der Waals surface area contributed by atoms with Gasteiger partial charge in [0.25, 0.3) is 5.91 Å². The van der Waals surface area contributed by atoms with E-state index in [-0.39, 0.29) is 18.4 Å². The lowest BCUT2D eigenvalue weighted by molar-refractivity contribution is -0.137. The van der Waals surface area contributed by atoms with Crippen LogP contribution in [-0.2, 0) is 9.59 Å². The van der Waals surface area contributed by atoms with E-state index < -0.39 is 11.9 Å². The van der Waals surface area contributed by atoms with Gasteiger partial charge >= 0.3 is 0 Å². The first-order valence-corrected chi connectivity index (χ1v) is 9.40. The molecule has 148 valence electrons. The maximum atomic E-state index is 12.5. The Morgan fingerprint density at radius 1 is 1.32 bits per heavy atom. The topological polar surface area (TPSA) is 96.3 Å². The monoisotopic (exact) mass is 403 g/mol. The SMILES string of the molecule is CNC(=O)C1CCCN1C(=O)CNC(=O)c1cnn(-c2cccc(Cl)c2)c1C. The molecule has 0 spiro atoms. The Morgan fingerprint density at radius 3 is 2.82 bits per heavy atom. The number of carbonyl (C=O) groups is 3. The number of rotatable bonds is 5. The van der Waals surface area contributed by atoms with Crippen LogP contribution in [0.15, 0.2) is 30.5 Å². The van der Waals surface area contributed by atoms with Crippen molar-refractivity contribution in [3.05, 3.63) is 46.7 Å². The van der Waals surface area contributed by atoms with Gasteiger partial charge in [0.1, 0.15) is 6.04 Å². The minimum absolute atomic E-state index is 0.173. The van der Waals surface area contributed by atoms with Crippen LogP contribution in [0.3, 0.4) is 0 Å². The van der Waals surface area contributed by atoms with Gasteiger partial charge in [0.05, 0.1) is 29.7 Å². The van der Waals surface area contributed by atoms with Crippen LogP contribution in [0.5, 0.6) is 0 Å². The highest BCUT2D eigenvalue weighted by Gasteiger charge is 2.33. The number of nitrogens with one attached hydrogen (secondary N) is 2. The number of hydrogen-bond donors (Lipinski definition) is 2. The minimum Gasteiger partial charge on any atom is -0.357 e. The number of likely N-dealkylation sites (N-methyl/N-ethyl adjacent to an activating group) is 1. The smallest absolute Gasteiger partial charge is 0.255 e. The van der Waals surface area contributed by atoms with E-state index in [0.717, 1.165) is 12.1 Å². The Labute approximate surface area is 167 Å². The lowest BCUT2D eigenvalue weighted by Gasteiger charge is -2.23. The highest BCUT2D eigenvalue weighted by molar-refractivity contribution is 6.30. The summed E-state index contributed by atoms with van der Waals surface area (Å²) in [6, 6.07) is 6.67. The van der Waals surface area contributed by atoms with Crippen molar-refractivity contribution >= 4 is 29.3 Å². The molecule has 1 fully saturated rings. The van der Waals surface area contributed by atoms with Gasteiger partial charge < -0.3 is 15.5 Å². The van der Waals surface area contributed by atoms with Crippen LogP contribution in [0.25, 0.3) is 5.69 Å². The predicted octanol–water partition coefficient (Wildman–Crippen LogP) is 1.30. The maximum Gasteiger partial charge on any atom is 0.255 e. The summed E-state index contributed by atoms with van der Waals surface area (Å²) in [5, 5.41) is 10.0. The van der Waals surface area contributed by atoms with Crippen molar-refractivity contribution in [3.63, 3.8) is 0 Å². The fourth-order valence-electron chi connectivity index (χ4n) is 3.36. The number of carbonyl (C=O) groups excluding carboxylic acids is 3. The number of hydrogen-bond acceptors (Lipinski definition) is 4. The summed E-state index contributed by atoms with van der Waals surface area (Å²) < 4.78 is 1.62. The van der Waals surface area contributed by atoms with Gasteiger partial charge in [-0.05, 0) is 38.0 Å². The highest BCUT2D eigenvalue weighted by atomic mass is 35.5. The second-order valence-electron chi connectivity index (χ2n) is 6.58. The molecule has 0 radical (unpaired) electrons. The van der Waals surface area contributed by atoms with Gasteiger partial charge in [-0.25, -0.2) is 4.68 Å². The van der Waals surface area contributed by atoms with Gasteiger partial charge in [0, 0.05) is 18.6 Å². The predicted molar refractivity (Wildman–Crippen MR) is 104 cm³/mol. The zero-order valence-electron chi connectivity index (χ0n) is 15.7. The molecule has 1 atom stereocenters. The van der Waals surface area contributed by atoms with Gasteiger partial charge in [0.15, 0.2) is 0 Å². The largest absolute Gasteiger partial charge is 0.357 e. The van der Waals surface area contributed by atoms with Gasteiger partial charge in [0.2, 0.25) is 11.8 Å². The van der Waals surface area contributed by atoms with Crippen molar-refractivity contribution in [1.82, 2.24) is 25.3 Å². The molecular formula is C19H22ClN5O3. The van der Waals surface area contributed by atoms with Crippen molar-refractivity contribution in [2.24, 2.45) is 0 Å². The minimum atomic E-state index is -0.471. The summed E-state index contributed by atoms with van der Waals surface area (Å²) in [6.45, 7) is 2.11. The Morgan fingerprint density at radius 2 is 2.11 bits per heavy atom. The Hall–Kier alpha value is -2.87. The van der Waals surface area contributed by atoms with E-state index in [1.807, 2.05) is 6.07 Å². The third kappa shape index (κ3) is 4.01. The summed E-state index contributed by atoms with van der Waals surface area (Å²) in [5.74, 6) is -0.857. The van der Waals surface area contributed by atoms with Gasteiger partial charge in [-0.3, -0.25) is 14.4 Å². The molecule has 3 amide bonds. The van der Waals surface area contributed by atoms with E-state index in [2.05, 4.69) is 15.7 Å². The first kappa shape index (κ1) is 19.9. The molecule has 1 aromatic heterocycles. The van der Waals surface area contributed by atoms with Crippen LogP contribution in [0, 0.1) is 6.92 Å². The zero-order valence-corrected chi connectivity index (χ0v) is 16.5. The van der Waals surface area contributed by atoms with Crippen molar-refractivity contribution < 1.29 is 14.4 Å². The second kappa shape index (κ2) is 8.43. The van der Waals surface area contributed by atoms with E-state index >= 15 is 0 Å². The van der Waals surface area contributed by atoms with Crippen molar-refractivity contribution in [1.29, 1.82) is 0 Å². The number of halogens is 1. The molecule has 2 aromatic rings. The normalized spacial score (nSPS) is 16.1. The van der Waals surface area contributed by atoms with E-state index in [4.69, 9.17) is 11.6 Å². The van der Waals surface area contributed by atoms with Crippen LogP contribution in [0.2, 0.25) is 5.02 Å². The molecule has 9 heteroatoms. The summed E-state index contributed by atoms with van der Waals surface area (Å²) in [5.41, 5.74) is 1.75. The molecule has 1 aliphatic heterocycles. The lowest BCUT2D eigenvalue weighted by Crippen LogP contribution is -2.48. The summed E-state index contributed by atoms with van der Waals surface area (Å²) >= 11 is 6.02. The van der Waals surface area contributed by atoms with Crippen molar-refractivity contribution in [2.45, 2.75) is 25.8 Å². The van der Waals surface area contributed by atoms with E-state index in [9.17, 15) is 14.4 Å². The van der Waals surface area contributed by atoms with E-state index in [1.54, 1.807) is 36.9 Å². The molecule has 2 N–H and O–H groups in total. The van der Waals surface area contributed by atoms with Crippen LogP contribution < -0.4 is 10.6 Å². The molecule has 1 unspecified atom stereocenters. The molecule has 3 rings (SSSR count). The fraction of sp³-hybridized carbons (Fsp3) is 0.368. The van der Waals surface area contributed by atoms with Gasteiger partial charge in [-0.2, -0.15) is 5.10 Å². The van der Waals surface area contributed by atoms with Crippen LogP contribution >= 0.6 is 11.6 Å². The maximum absolute atomic E-state index is 12.5. The van der Waals surface area contributed by atoms with Crippen LogP contribution in [0.4, 0.5) is 0 Å². The Kier molecular flexibility index (Phi) is 5.99. The molecule has 1 aromatic carbocycles. The van der Waals surface area contributed by atoms with Gasteiger partial charge in [-0.1, -0.05) is 17.7 Å². The Balaban J connectivity index is 1.66. The first-order valence-electron chi connectivity index (χ1n) is 9.02. The summed E-state index contributed by atoms with van der Waals surface area (Å²) in [4.78, 5) is 38.4. The second-order valence-corrected chi connectivity index (χ2v) is 7.01. The zero-order chi connectivity index (χ0) is 20.3. The van der Waals surface area contributed by atoms with Crippen molar-refractivity contribution in [3.8, 4) is 5.69 Å². The molecule has 2 heterocycles. The molecule has 0 aliphatic carbocycles. The third-order valence-corrected chi connectivity index (χ3v) is 5.06. The molecule has 1 saturated heterocycles.